The van der Waals surface area contributed by atoms with Crippen LogP contribution in [0, 0.1) is 23.6 Å². The van der Waals surface area contributed by atoms with Crippen LogP contribution in [-0.2, 0) is 17.6 Å². The molecule has 0 saturated heterocycles. The van der Waals surface area contributed by atoms with E-state index < -0.39 is 0 Å². The molecular formula is C29H43FO. The molecule has 3 aliphatic carbocycles. The lowest BCUT2D eigenvalue weighted by atomic mass is 9.65. The normalized spacial score (nSPS) is 30.5. The minimum atomic E-state index is 0.0804. The summed E-state index contributed by atoms with van der Waals surface area (Å²) < 4.78 is 21.2. The summed E-state index contributed by atoms with van der Waals surface area (Å²) in [4.78, 5) is 0. The minimum Gasteiger partial charge on any atom is -0.374 e. The molecule has 1 aromatic carbocycles. The first kappa shape index (κ1) is 23.0. The Morgan fingerprint density at radius 3 is 2.68 bits per heavy atom. The number of halogens is 1. The molecule has 2 saturated carbocycles. The molecule has 5 atom stereocenters. The number of unbranched alkanes of at least 4 members (excludes halogenated alkanes) is 3. The molecule has 0 radical (unpaired) electrons. The van der Waals surface area contributed by atoms with Crippen molar-refractivity contribution in [2.24, 2.45) is 17.8 Å². The molecule has 31 heavy (non-hydrogen) atoms. The molecule has 2 fully saturated rings. The Kier molecular flexibility index (Phi) is 8.26. The van der Waals surface area contributed by atoms with Crippen molar-refractivity contribution in [3.05, 3.63) is 47.3 Å². The zero-order valence-electron chi connectivity index (χ0n) is 19.7. The molecule has 3 aliphatic rings. The van der Waals surface area contributed by atoms with E-state index in [0.717, 1.165) is 49.0 Å². The van der Waals surface area contributed by atoms with E-state index in [0.29, 0.717) is 18.6 Å². The average Bonchev–Trinajstić information content (AvgIpc) is 2.79. The number of fused-ring (bicyclic) bond motifs is 2. The Balaban J connectivity index is 1.35. The quantitative estimate of drug-likeness (QED) is 0.286. The van der Waals surface area contributed by atoms with Crippen LogP contribution in [0.2, 0.25) is 0 Å². The van der Waals surface area contributed by atoms with E-state index in [2.05, 4.69) is 19.6 Å². The van der Waals surface area contributed by atoms with Crippen molar-refractivity contribution in [2.75, 3.05) is 6.61 Å². The molecule has 0 bridgehead atoms. The highest BCUT2D eigenvalue weighted by Crippen LogP contribution is 2.47. The van der Waals surface area contributed by atoms with Gasteiger partial charge in [-0.25, -0.2) is 4.39 Å². The number of aryl methyl sites for hydroxylation is 1. The Labute approximate surface area is 189 Å². The molecule has 0 heterocycles. The van der Waals surface area contributed by atoms with E-state index in [4.69, 9.17) is 4.74 Å². The zero-order chi connectivity index (χ0) is 21.6. The second-order valence-corrected chi connectivity index (χ2v) is 10.7. The predicted molar refractivity (Wildman–Crippen MR) is 128 cm³/mol. The van der Waals surface area contributed by atoms with Gasteiger partial charge in [-0.3, -0.25) is 0 Å². The SMILES string of the molecule is C=CCOC1CCC2CC(c3cc4c(cc3F)CC(CCCCCC)CC4)CCC2C1. The van der Waals surface area contributed by atoms with Crippen molar-refractivity contribution in [3.8, 4) is 0 Å². The van der Waals surface area contributed by atoms with Gasteiger partial charge >= 0.3 is 0 Å². The van der Waals surface area contributed by atoms with Crippen LogP contribution in [-0.4, -0.2) is 12.7 Å². The Morgan fingerprint density at radius 1 is 1.00 bits per heavy atom. The van der Waals surface area contributed by atoms with Gasteiger partial charge in [-0.15, -0.1) is 6.58 Å². The molecule has 4 rings (SSSR count). The van der Waals surface area contributed by atoms with Crippen molar-refractivity contribution >= 4 is 0 Å². The van der Waals surface area contributed by atoms with Gasteiger partial charge in [0.2, 0.25) is 0 Å². The van der Waals surface area contributed by atoms with Crippen molar-refractivity contribution in [1.29, 1.82) is 0 Å². The van der Waals surface area contributed by atoms with Gasteiger partial charge in [0.25, 0.3) is 0 Å². The maximum absolute atomic E-state index is 15.2. The largest absolute Gasteiger partial charge is 0.374 e. The van der Waals surface area contributed by atoms with Crippen molar-refractivity contribution in [1.82, 2.24) is 0 Å². The van der Waals surface area contributed by atoms with Gasteiger partial charge in [0.1, 0.15) is 5.82 Å². The van der Waals surface area contributed by atoms with Crippen LogP contribution < -0.4 is 0 Å². The molecule has 1 nitrogen and oxygen atoms in total. The number of rotatable bonds is 9. The Morgan fingerprint density at radius 2 is 1.84 bits per heavy atom. The van der Waals surface area contributed by atoms with Crippen LogP contribution in [0.5, 0.6) is 0 Å². The predicted octanol–water partition coefficient (Wildman–Crippen LogP) is 8.16. The summed E-state index contributed by atoms with van der Waals surface area (Å²) in [7, 11) is 0. The van der Waals surface area contributed by atoms with Crippen molar-refractivity contribution in [3.63, 3.8) is 0 Å². The Bertz CT molecular complexity index is 726. The first-order chi connectivity index (χ1) is 15.2. The van der Waals surface area contributed by atoms with E-state index in [1.807, 2.05) is 12.1 Å². The Hall–Kier alpha value is -1.15. The first-order valence-corrected chi connectivity index (χ1v) is 13.2. The molecule has 0 aromatic heterocycles. The van der Waals surface area contributed by atoms with Gasteiger partial charge in [0, 0.05) is 0 Å². The summed E-state index contributed by atoms with van der Waals surface area (Å²) in [5.74, 6) is 2.79. The number of benzene rings is 1. The van der Waals surface area contributed by atoms with Crippen molar-refractivity contribution < 1.29 is 9.13 Å². The second-order valence-electron chi connectivity index (χ2n) is 10.7. The van der Waals surface area contributed by atoms with Gasteiger partial charge in [0.15, 0.2) is 0 Å². The van der Waals surface area contributed by atoms with Crippen LogP contribution in [0.15, 0.2) is 24.8 Å². The maximum atomic E-state index is 15.2. The van der Waals surface area contributed by atoms with Crippen LogP contribution in [0.1, 0.15) is 107 Å². The molecule has 0 spiro atoms. The number of hydrogen-bond acceptors (Lipinski definition) is 1. The van der Waals surface area contributed by atoms with Gasteiger partial charge in [-0.05, 0) is 104 Å². The fourth-order valence-electron chi connectivity index (χ4n) is 6.78. The van der Waals surface area contributed by atoms with Crippen LogP contribution >= 0.6 is 0 Å². The highest BCUT2D eigenvalue weighted by molar-refractivity contribution is 5.37. The van der Waals surface area contributed by atoms with E-state index in [-0.39, 0.29) is 5.82 Å². The molecule has 2 heteroatoms. The lowest BCUT2D eigenvalue weighted by Crippen LogP contribution is -2.34. The topological polar surface area (TPSA) is 9.23 Å². The molecule has 0 amide bonds. The van der Waals surface area contributed by atoms with Crippen LogP contribution in [0.4, 0.5) is 4.39 Å². The standard InChI is InChI=1S/C29H43FO/c1-3-5-6-7-8-21-9-10-24-19-28(29(30)20-26(24)16-21)25-12-11-23-18-27(31-15-4-2)14-13-22(23)17-25/h4,19-23,25,27H,2-3,5-18H2,1H3. The third kappa shape index (κ3) is 5.81. The summed E-state index contributed by atoms with van der Waals surface area (Å²) in [6.45, 7) is 6.71. The maximum Gasteiger partial charge on any atom is 0.126 e. The fourth-order valence-corrected chi connectivity index (χ4v) is 6.78. The van der Waals surface area contributed by atoms with E-state index in [9.17, 15) is 0 Å². The third-order valence-electron chi connectivity index (χ3n) is 8.57. The summed E-state index contributed by atoms with van der Waals surface area (Å²) >= 11 is 0. The second kappa shape index (κ2) is 11.1. The van der Waals surface area contributed by atoms with Gasteiger partial charge < -0.3 is 4.74 Å². The lowest BCUT2D eigenvalue weighted by molar-refractivity contribution is -0.00325. The smallest absolute Gasteiger partial charge is 0.126 e. The van der Waals surface area contributed by atoms with Gasteiger partial charge in [0.05, 0.1) is 12.7 Å². The molecule has 0 N–H and O–H groups in total. The van der Waals surface area contributed by atoms with Gasteiger partial charge in [-0.1, -0.05) is 51.2 Å². The molecule has 0 aliphatic heterocycles. The van der Waals surface area contributed by atoms with Crippen LogP contribution in [0.3, 0.4) is 0 Å². The average molecular weight is 427 g/mol. The fraction of sp³-hybridized carbons (Fsp3) is 0.724. The molecular weight excluding hydrogens is 383 g/mol. The highest BCUT2D eigenvalue weighted by Gasteiger charge is 2.37. The summed E-state index contributed by atoms with van der Waals surface area (Å²) in [6, 6.07) is 4.21. The number of ether oxygens (including phenoxy) is 1. The molecule has 1 aromatic rings. The minimum absolute atomic E-state index is 0.0804. The van der Waals surface area contributed by atoms with E-state index >= 15 is 4.39 Å². The summed E-state index contributed by atoms with van der Waals surface area (Å²) in [5, 5.41) is 0. The molecule has 172 valence electrons. The lowest BCUT2D eigenvalue weighted by Gasteiger charge is -2.42. The van der Waals surface area contributed by atoms with E-state index in [1.54, 1.807) is 0 Å². The zero-order valence-corrected chi connectivity index (χ0v) is 19.7. The summed E-state index contributed by atoms with van der Waals surface area (Å²) in [6.07, 6.45) is 19.7. The summed E-state index contributed by atoms with van der Waals surface area (Å²) in [5.41, 5.74) is 3.79. The van der Waals surface area contributed by atoms with Gasteiger partial charge in [-0.2, -0.15) is 0 Å². The third-order valence-corrected chi connectivity index (χ3v) is 8.57. The van der Waals surface area contributed by atoms with E-state index in [1.165, 1.54) is 75.3 Å². The highest BCUT2D eigenvalue weighted by atomic mass is 19.1. The first-order valence-electron chi connectivity index (χ1n) is 13.2. The molecule has 5 unspecified atom stereocenters. The van der Waals surface area contributed by atoms with Crippen LogP contribution in [0.25, 0.3) is 0 Å². The number of hydrogen-bond donors (Lipinski definition) is 0. The van der Waals surface area contributed by atoms with Crippen molar-refractivity contribution in [2.45, 2.75) is 109 Å². The monoisotopic (exact) mass is 426 g/mol.